The molecular formula is C19H26N4OS. The van der Waals surface area contributed by atoms with Crippen LogP contribution in [0.3, 0.4) is 0 Å². The lowest BCUT2D eigenvalue weighted by atomic mass is 10.1. The first-order valence-corrected chi connectivity index (χ1v) is 9.60. The second kappa shape index (κ2) is 10.1. The molecule has 6 heteroatoms. The number of aryl methyl sites for hydroxylation is 1. The number of rotatable bonds is 7. The van der Waals surface area contributed by atoms with E-state index in [1.807, 2.05) is 19.1 Å². The molecule has 25 heavy (non-hydrogen) atoms. The molecule has 0 aliphatic rings. The fourth-order valence-corrected chi connectivity index (χ4v) is 3.08. The van der Waals surface area contributed by atoms with Crippen LogP contribution < -0.4 is 10.6 Å². The van der Waals surface area contributed by atoms with E-state index in [-0.39, 0.29) is 0 Å². The standard InChI is InChI=1S/C19H26N4OS/c1-4-21-19(23-13-17(24)15-7-9-20-10-8-15)22-12-16-6-5-14(2)11-18(16)25-3/h5-11,17,24H,4,12-13H2,1-3H3,(H2,21,22,23). The van der Waals surface area contributed by atoms with Crippen molar-refractivity contribution in [2.24, 2.45) is 4.99 Å². The smallest absolute Gasteiger partial charge is 0.191 e. The first kappa shape index (κ1) is 19.3. The first-order valence-electron chi connectivity index (χ1n) is 8.37. The molecule has 0 saturated carbocycles. The van der Waals surface area contributed by atoms with Crippen LogP contribution in [0.4, 0.5) is 0 Å². The Bertz CT molecular complexity index is 691. The maximum atomic E-state index is 10.3. The highest BCUT2D eigenvalue weighted by Gasteiger charge is 2.08. The van der Waals surface area contributed by atoms with Crippen LogP contribution in [-0.4, -0.2) is 35.4 Å². The van der Waals surface area contributed by atoms with Crippen LogP contribution in [-0.2, 0) is 6.54 Å². The second-order valence-corrected chi connectivity index (χ2v) is 6.54. The van der Waals surface area contributed by atoms with Crippen LogP contribution in [0.1, 0.15) is 29.7 Å². The fourth-order valence-electron chi connectivity index (χ4n) is 2.39. The number of aliphatic hydroxyl groups is 1. The zero-order chi connectivity index (χ0) is 18.1. The summed E-state index contributed by atoms with van der Waals surface area (Å²) in [5.74, 6) is 0.697. The average molecular weight is 359 g/mol. The van der Waals surface area contributed by atoms with Crippen LogP contribution in [0.25, 0.3) is 0 Å². The molecule has 3 N–H and O–H groups in total. The molecule has 0 radical (unpaired) electrons. The SMILES string of the molecule is CCNC(=NCc1ccc(C)cc1SC)NCC(O)c1ccncc1. The Kier molecular flexibility index (Phi) is 7.76. The van der Waals surface area contributed by atoms with Crippen LogP contribution >= 0.6 is 11.8 Å². The highest BCUT2D eigenvalue weighted by molar-refractivity contribution is 7.98. The molecule has 0 amide bonds. The van der Waals surface area contributed by atoms with E-state index < -0.39 is 6.10 Å². The molecular weight excluding hydrogens is 332 g/mol. The summed E-state index contributed by atoms with van der Waals surface area (Å²) >= 11 is 1.73. The lowest BCUT2D eigenvalue weighted by Gasteiger charge is -2.15. The van der Waals surface area contributed by atoms with Crippen molar-refractivity contribution < 1.29 is 5.11 Å². The number of benzene rings is 1. The summed E-state index contributed by atoms with van der Waals surface area (Å²) in [7, 11) is 0. The molecule has 2 aromatic rings. The van der Waals surface area contributed by atoms with Crippen molar-refractivity contribution in [3.8, 4) is 0 Å². The van der Waals surface area contributed by atoms with E-state index in [0.717, 1.165) is 12.1 Å². The van der Waals surface area contributed by atoms with Crippen molar-refractivity contribution in [3.63, 3.8) is 0 Å². The van der Waals surface area contributed by atoms with Crippen molar-refractivity contribution >= 4 is 17.7 Å². The Morgan fingerprint density at radius 2 is 2.00 bits per heavy atom. The number of hydrogen-bond donors (Lipinski definition) is 3. The predicted molar refractivity (Wildman–Crippen MR) is 105 cm³/mol. The number of pyridine rings is 1. The number of guanidine groups is 1. The normalized spacial score (nSPS) is 12.7. The van der Waals surface area contributed by atoms with Gasteiger partial charge in [0.05, 0.1) is 12.6 Å². The second-order valence-electron chi connectivity index (χ2n) is 5.69. The van der Waals surface area contributed by atoms with Crippen molar-refractivity contribution in [1.29, 1.82) is 0 Å². The van der Waals surface area contributed by atoms with Gasteiger partial charge in [-0.2, -0.15) is 0 Å². The third kappa shape index (κ3) is 6.07. The van der Waals surface area contributed by atoms with Crippen LogP contribution in [0.2, 0.25) is 0 Å². The summed E-state index contributed by atoms with van der Waals surface area (Å²) < 4.78 is 0. The molecule has 2 rings (SSSR count). The molecule has 0 saturated heterocycles. The molecule has 0 fully saturated rings. The molecule has 1 aromatic heterocycles. The lowest BCUT2D eigenvalue weighted by molar-refractivity contribution is 0.180. The minimum atomic E-state index is -0.604. The van der Waals surface area contributed by atoms with Crippen molar-refractivity contribution in [2.75, 3.05) is 19.3 Å². The summed E-state index contributed by atoms with van der Waals surface area (Å²) in [5.41, 5.74) is 3.29. The molecule has 0 aliphatic heterocycles. The summed E-state index contributed by atoms with van der Waals surface area (Å²) in [5, 5.41) is 16.7. The molecule has 5 nitrogen and oxygen atoms in total. The van der Waals surface area contributed by atoms with Gasteiger partial charge in [-0.3, -0.25) is 4.98 Å². The van der Waals surface area contributed by atoms with Gasteiger partial charge in [-0.15, -0.1) is 11.8 Å². The van der Waals surface area contributed by atoms with E-state index in [1.165, 1.54) is 16.0 Å². The first-order chi connectivity index (χ1) is 12.1. The van der Waals surface area contributed by atoms with Gasteiger partial charge < -0.3 is 15.7 Å². The Labute approximate surface area is 154 Å². The minimum Gasteiger partial charge on any atom is -0.387 e. The average Bonchev–Trinajstić information content (AvgIpc) is 2.65. The van der Waals surface area contributed by atoms with Gasteiger partial charge in [-0.05, 0) is 55.0 Å². The van der Waals surface area contributed by atoms with E-state index in [9.17, 15) is 5.11 Å². The van der Waals surface area contributed by atoms with E-state index >= 15 is 0 Å². The number of hydrogen-bond acceptors (Lipinski definition) is 4. The van der Waals surface area contributed by atoms with E-state index in [2.05, 4.69) is 52.0 Å². The molecule has 1 aromatic carbocycles. The number of aliphatic imine (C=N–C) groups is 1. The van der Waals surface area contributed by atoms with Gasteiger partial charge in [0.15, 0.2) is 5.96 Å². The van der Waals surface area contributed by atoms with Crippen molar-refractivity contribution in [3.05, 3.63) is 59.4 Å². The quantitative estimate of drug-likeness (QED) is 0.403. The van der Waals surface area contributed by atoms with Gasteiger partial charge in [0.2, 0.25) is 0 Å². The number of nitrogens with zero attached hydrogens (tertiary/aromatic N) is 2. The molecule has 0 bridgehead atoms. The van der Waals surface area contributed by atoms with E-state index in [0.29, 0.717) is 19.0 Å². The topological polar surface area (TPSA) is 69.5 Å². The third-order valence-corrected chi connectivity index (χ3v) is 4.57. The summed E-state index contributed by atoms with van der Waals surface area (Å²) in [6.07, 6.45) is 4.84. The largest absolute Gasteiger partial charge is 0.387 e. The molecule has 1 atom stereocenters. The lowest BCUT2D eigenvalue weighted by Crippen LogP contribution is -2.39. The Morgan fingerprint density at radius 1 is 1.24 bits per heavy atom. The number of aromatic nitrogens is 1. The molecule has 134 valence electrons. The summed E-state index contributed by atoms with van der Waals surface area (Å²) in [4.78, 5) is 9.86. The van der Waals surface area contributed by atoms with Crippen molar-refractivity contribution in [2.45, 2.75) is 31.4 Å². The van der Waals surface area contributed by atoms with Gasteiger partial charge in [0.25, 0.3) is 0 Å². The number of aliphatic hydroxyl groups excluding tert-OH is 1. The highest BCUT2D eigenvalue weighted by Crippen LogP contribution is 2.22. The summed E-state index contributed by atoms with van der Waals surface area (Å²) in [6.45, 7) is 5.87. The number of thioether (sulfide) groups is 1. The van der Waals surface area contributed by atoms with Gasteiger partial charge in [-0.1, -0.05) is 12.1 Å². The van der Waals surface area contributed by atoms with Gasteiger partial charge in [0.1, 0.15) is 0 Å². The minimum absolute atomic E-state index is 0.388. The summed E-state index contributed by atoms with van der Waals surface area (Å²) in [6, 6.07) is 10.0. The molecule has 0 aliphatic carbocycles. The van der Waals surface area contributed by atoms with Crippen LogP contribution in [0.5, 0.6) is 0 Å². The van der Waals surface area contributed by atoms with Crippen LogP contribution in [0, 0.1) is 6.92 Å². The monoisotopic (exact) mass is 358 g/mol. The zero-order valence-electron chi connectivity index (χ0n) is 15.0. The fraction of sp³-hybridized carbons (Fsp3) is 0.368. The highest BCUT2D eigenvalue weighted by atomic mass is 32.2. The van der Waals surface area contributed by atoms with Gasteiger partial charge >= 0.3 is 0 Å². The van der Waals surface area contributed by atoms with Crippen LogP contribution in [0.15, 0.2) is 52.6 Å². The van der Waals surface area contributed by atoms with Gasteiger partial charge in [0, 0.05) is 30.4 Å². The number of nitrogens with one attached hydrogen (secondary N) is 2. The molecule has 1 unspecified atom stereocenters. The maximum Gasteiger partial charge on any atom is 0.191 e. The Morgan fingerprint density at radius 3 is 2.68 bits per heavy atom. The maximum absolute atomic E-state index is 10.3. The molecule has 0 spiro atoms. The van der Waals surface area contributed by atoms with E-state index in [1.54, 1.807) is 24.2 Å². The molecule has 1 heterocycles. The van der Waals surface area contributed by atoms with E-state index in [4.69, 9.17) is 0 Å². The van der Waals surface area contributed by atoms with Gasteiger partial charge in [-0.25, -0.2) is 4.99 Å². The third-order valence-electron chi connectivity index (χ3n) is 3.75. The van der Waals surface area contributed by atoms with Crippen molar-refractivity contribution in [1.82, 2.24) is 15.6 Å². The predicted octanol–water partition coefficient (Wildman–Crippen LogP) is 2.90. The Hall–Kier alpha value is -2.05. The Balaban J connectivity index is 2.01. The zero-order valence-corrected chi connectivity index (χ0v) is 15.8.